The zero-order chi connectivity index (χ0) is 17.3. The number of aryl methyl sites for hydroxylation is 1. The molecule has 0 radical (unpaired) electrons. The van der Waals surface area contributed by atoms with Crippen LogP contribution in [0.4, 0.5) is 5.82 Å². The van der Waals surface area contributed by atoms with Gasteiger partial charge in [-0.05, 0) is 18.6 Å². The van der Waals surface area contributed by atoms with Crippen molar-refractivity contribution in [3.63, 3.8) is 0 Å². The van der Waals surface area contributed by atoms with Gasteiger partial charge >= 0.3 is 0 Å². The topological polar surface area (TPSA) is 75.9 Å². The number of amides is 1. The van der Waals surface area contributed by atoms with Crippen molar-refractivity contribution >= 4 is 11.7 Å². The zero-order valence-corrected chi connectivity index (χ0v) is 14.7. The second-order valence-electron chi connectivity index (χ2n) is 6.72. The van der Waals surface area contributed by atoms with Gasteiger partial charge in [0.2, 0.25) is 0 Å². The molecule has 3 rings (SSSR count). The van der Waals surface area contributed by atoms with Gasteiger partial charge in [0.25, 0.3) is 5.91 Å². The minimum absolute atomic E-state index is 0.0775. The summed E-state index contributed by atoms with van der Waals surface area (Å²) in [6, 6.07) is 3.68. The van der Waals surface area contributed by atoms with E-state index < -0.39 is 0 Å². The van der Waals surface area contributed by atoms with Crippen LogP contribution in [0.25, 0.3) is 0 Å². The van der Waals surface area contributed by atoms with Crippen LogP contribution in [0.3, 0.4) is 0 Å². The van der Waals surface area contributed by atoms with Crippen molar-refractivity contribution in [1.82, 2.24) is 25.1 Å². The van der Waals surface area contributed by atoms with E-state index in [2.05, 4.69) is 38.9 Å². The first-order valence-corrected chi connectivity index (χ1v) is 8.32. The Labute approximate surface area is 142 Å². The largest absolute Gasteiger partial charge is 0.362 e. The number of pyridine rings is 1. The summed E-state index contributed by atoms with van der Waals surface area (Å²) < 4.78 is 2.15. The smallest absolute Gasteiger partial charge is 0.255 e. The van der Waals surface area contributed by atoms with E-state index in [0.29, 0.717) is 17.3 Å². The van der Waals surface area contributed by atoms with Gasteiger partial charge in [-0.1, -0.05) is 13.8 Å². The number of carbonyl (C=O) groups excluding carboxylic acids is 1. The number of anilines is 1. The average molecular weight is 328 g/mol. The van der Waals surface area contributed by atoms with E-state index in [9.17, 15) is 4.79 Å². The van der Waals surface area contributed by atoms with E-state index in [0.717, 1.165) is 31.0 Å². The van der Waals surface area contributed by atoms with Crippen molar-refractivity contribution in [2.24, 2.45) is 0 Å². The summed E-state index contributed by atoms with van der Waals surface area (Å²) in [5.74, 6) is 2.91. The Hall–Kier alpha value is -2.44. The zero-order valence-electron chi connectivity index (χ0n) is 14.7. The normalized spacial score (nSPS) is 16.8. The lowest BCUT2D eigenvalue weighted by Crippen LogP contribution is -2.41. The molecule has 0 fully saturated rings. The van der Waals surface area contributed by atoms with Crippen LogP contribution in [0, 0.1) is 0 Å². The summed E-state index contributed by atoms with van der Waals surface area (Å²) in [5, 5.41) is 11.7. The van der Waals surface area contributed by atoms with Crippen LogP contribution in [0.1, 0.15) is 48.2 Å². The summed E-state index contributed by atoms with van der Waals surface area (Å²) in [6.45, 7) is 4.94. The van der Waals surface area contributed by atoms with Crippen LogP contribution in [0.2, 0.25) is 0 Å². The third-order valence-electron chi connectivity index (χ3n) is 4.28. The maximum absolute atomic E-state index is 12.7. The highest BCUT2D eigenvalue weighted by atomic mass is 16.1. The van der Waals surface area contributed by atoms with Crippen LogP contribution in [0.5, 0.6) is 0 Å². The number of nitrogens with zero attached hydrogens (tertiary/aromatic N) is 5. The van der Waals surface area contributed by atoms with Crippen LogP contribution >= 0.6 is 0 Å². The van der Waals surface area contributed by atoms with E-state index >= 15 is 0 Å². The van der Waals surface area contributed by atoms with E-state index in [1.54, 1.807) is 12.3 Å². The van der Waals surface area contributed by atoms with Gasteiger partial charge in [-0.2, -0.15) is 0 Å². The number of hydrogen-bond donors (Lipinski definition) is 1. The van der Waals surface area contributed by atoms with Crippen LogP contribution in [-0.4, -0.2) is 45.8 Å². The third kappa shape index (κ3) is 3.11. The summed E-state index contributed by atoms with van der Waals surface area (Å²) in [7, 11) is 3.77. The highest BCUT2D eigenvalue weighted by Crippen LogP contribution is 2.21. The van der Waals surface area contributed by atoms with Gasteiger partial charge in [0.1, 0.15) is 17.5 Å². The highest BCUT2D eigenvalue weighted by Gasteiger charge is 2.26. The number of rotatable bonds is 4. The molecule has 24 heavy (non-hydrogen) atoms. The van der Waals surface area contributed by atoms with Crippen molar-refractivity contribution in [1.29, 1.82) is 0 Å². The van der Waals surface area contributed by atoms with E-state index in [1.165, 1.54) is 0 Å². The molecule has 0 bridgehead atoms. The second kappa shape index (κ2) is 6.59. The lowest BCUT2D eigenvalue weighted by Gasteiger charge is -2.26. The van der Waals surface area contributed by atoms with E-state index in [4.69, 9.17) is 0 Å². The molecule has 0 spiro atoms. The minimum Gasteiger partial charge on any atom is -0.362 e. The predicted molar refractivity (Wildman–Crippen MR) is 92.3 cm³/mol. The number of nitrogens with one attached hydrogen (secondary N) is 1. The van der Waals surface area contributed by atoms with Crippen molar-refractivity contribution in [2.75, 3.05) is 19.0 Å². The summed E-state index contributed by atoms with van der Waals surface area (Å²) in [6.07, 6.45) is 3.41. The number of aromatic nitrogens is 4. The first-order valence-electron chi connectivity index (χ1n) is 8.32. The Morgan fingerprint density at radius 1 is 1.38 bits per heavy atom. The Bertz CT molecular complexity index is 736. The fourth-order valence-electron chi connectivity index (χ4n) is 3.09. The van der Waals surface area contributed by atoms with Gasteiger partial charge in [0.05, 0.1) is 5.56 Å². The van der Waals surface area contributed by atoms with Crippen LogP contribution in [0.15, 0.2) is 18.3 Å². The van der Waals surface area contributed by atoms with Crippen molar-refractivity contribution in [3.8, 4) is 0 Å². The number of fused-ring (bicyclic) bond motifs is 1. The monoisotopic (exact) mass is 328 g/mol. The molecule has 0 saturated heterocycles. The molecular weight excluding hydrogens is 304 g/mol. The molecule has 1 aliphatic heterocycles. The Morgan fingerprint density at radius 3 is 2.88 bits per heavy atom. The molecule has 2 aromatic rings. The van der Waals surface area contributed by atoms with Crippen LogP contribution < -0.4 is 10.2 Å². The molecule has 2 aromatic heterocycles. The molecule has 7 nitrogen and oxygen atoms in total. The maximum Gasteiger partial charge on any atom is 0.255 e. The molecule has 0 saturated carbocycles. The fraction of sp³-hybridized carbons (Fsp3) is 0.529. The van der Waals surface area contributed by atoms with Crippen molar-refractivity contribution < 1.29 is 4.79 Å². The van der Waals surface area contributed by atoms with Gasteiger partial charge in [-0.15, -0.1) is 10.2 Å². The number of carbonyl (C=O) groups is 1. The molecule has 1 atom stereocenters. The minimum atomic E-state index is -0.0839. The molecule has 128 valence electrons. The van der Waals surface area contributed by atoms with Gasteiger partial charge < -0.3 is 14.8 Å². The first-order chi connectivity index (χ1) is 11.5. The standard InChI is InChI=1S/C17H24N6O/c1-11(2)15-21-20-14-8-7-12(10-23(14)15)19-17(24)13-6-5-9-18-16(13)22(3)4/h5-6,9,11-12H,7-8,10H2,1-4H3,(H,19,24)/t12-/m1/s1. The molecule has 0 aromatic carbocycles. The summed E-state index contributed by atoms with van der Waals surface area (Å²) >= 11 is 0. The maximum atomic E-state index is 12.7. The van der Waals surface area contributed by atoms with Gasteiger partial charge in [-0.25, -0.2) is 4.98 Å². The first kappa shape index (κ1) is 16.4. The van der Waals surface area contributed by atoms with Gasteiger partial charge in [0.15, 0.2) is 0 Å². The Morgan fingerprint density at radius 2 is 2.17 bits per heavy atom. The Kier molecular flexibility index (Phi) is 4.51. The van der Waals surface area contributed by atoms with E-state index in [-0.39, 0.29) is 11.9 Å². The third-order valence-corrected chi connectivity index (χ3v) is 4.28. The van der Waals surface area contributed by atoms with Gasteiger partial charge in [0, 0.05) is 45.2 Å². The predicted octanol–water partition coefficient (Wildman–Crippen LogP) is 1.61. The SMILES string of the molecule is CC(C)c1nnc2n1C[C@H](NC(=O)c1cccnc1N(C)C)CC2. The molecule has 1 amide bonds. The fourth-order valence-corrected chi connectivity index (χ4v) is 3.09. The van der Waals surface area contributed by atoms with Gasteiger partial charge in [-0.3, -0.25) is 4.79 Å². The molecule has 0 unspecified atom stereocenters. The highest BCUT2D eigenvalue weighted by molar-refractivity contribution is 5.99. The lowest BCUT2D eigenvalue weighted by atomic mass is 10.1. The van der Waals surface area contributed by atoms with Crippen LogP contribution in [-0.2, 0) is 13.0 Å². The van der Waals surface area contributed by atoms with Crippen molar-refractivity contribution in [2.45, 2.75) is 45.2 Å². The average Bonchev–Trinajstić information content (AvgIpc) is 2.98. The molecule has 0 aliphatic carbocycles. The summed E-state index contributed by atoms with van der Waals surface area (Å²) in [5.41, 5.74) is 0.598. The molecule has 1 N–H and O–H groups in total. The quantitative estimate of drug-likeness (QED) is 0.923. The molecule has 7 heteroatoms. The van der Waals surface area contributed by atoms with Crippen molar-refractivity contribution in [3.05, 3.63) is 35.5 Å². The number of hydrogen-bond acceptors (Lipinski definition) is 5. The summed E-state index contributed by atoms with van der Waals surface area (Å²) in [4.78, 5) is 18.8. The molecule has 1 aliphatic rings. The second-order valence-corrected chi connectivity index (χ2v) is 6.72. The molecular formula is C17H24N6O. The molecule has 3 heterocycles. The van der Waals surface area contributed by atoms with E-state index in [1.807, 2.05) is 25.1 Å². The lowest BCUT2D eigenvalue weighted by molar-refractivity contribution is 0.0927. The Balaban J connectivity index is 1.76.